The smallest absolute Gasteiger partial charge is 0.299 e. The zero-order valence-corrected chi connectivity index (χ0v) is 13.0. The highest BCUT2D eigenvalue weighted by Gasteiger charge is 2.39. The lowest BCUT2D eigenvalue weighted by molar-refractivity contribution is -0.623. The van der Waals surface area contributed by atoms with E-state index in [9.17, 15) is 10.4 Å². The van der Waals surface area contributed by atoms with Gasteiger partial charge in [-0.25, -0.2) is 4.85 Å². The van der Waals surface area contributed by atoms with Crippen molar-refractivity contribution in [3.63, 3.8) is 0 Å². The van der Waals surface area contributed by atoms with Gasteiger partial charge in [-0.3, -0.25) is 0 Å². The predicted molar refractivity (Wildman–Crippen MR) is 81.0 cm³/mol. The van der Waals surface area contributed by atoms with Crippen LogP contribution in [0.5, 0.6) is 5.75 Å². The number of aromatic nitrogens is 4. The number of aryl methyl sites for hydroxylation is 1. The fourth-order valence-corrected chi connectivity index (χ4v) is 2.51. The lowest BCUT2D eigenvalue weighted by Crippen LogP contribution is -2.45. The molecule has 1 N–H and O–H groups in total. The molecule has 1 aliphatic heterocycles. The predicted octanol–water partition coefficient (Wildman–Crippen LogP) is 1.86. The van der Waals surface area contributed by atoms with Crippen LogP contribution in [-0.2, 0) is 7.05 Å². The van der Waals surface area contributed by atoms with E-state index in [1.807, 2.05) is 6.07 Å². The molecular formula is C13H6Cl2N7O+. The molecule has 3 rings (SSSR count). The summed E-state index contributed by atoms with van der Waals surface area (Å²) in [6.07, 6.45) is 0. The monoisotopic (exact) mass is 346 g/mol. The van der Waals surface area contributed by atoms with Gasteiger partial charge in [0.1, 0.15) is 18.3 Å². The Morgan fingerprint density at radius 2 is 2.09 bits per heavy atom. The van der Waals surface area contributed by atoms with Crippen molar-refractivity contribution < 1.29 is 9.79 Å². The Kier molecular flexibility index (Phi) is 3.49. The maximum absolute atomic E-state index is 9.59. The molecule has 1 aromatic carbocycles. The van der Waals surface area contributed by atoms with Crippen molar-refractivity contribution in [2.24, 2.45) is 12.0 Å². The number of nitrogens with zero attached hydrogens (tertiary/aromatic N) is 7. The van der Waals surface area contributed by atoms with E-state index in [0.29, 0.717) is 5.69 Å². The molecule has 0 bridgehead atoms. The van der Waals surface area contributed by atoms with E-state index in [0.717, 1.165) is 0 Å². The number of benzene rings is 1. The zero-order valence-electron chi connectivity index (χ0n) is 11.5. The van der Waals surface area contributed by atoms with Crippen molar-refractivity contribution >= 4 is 40.3 Å². The average Bonchev–Trinajstić information content (AvgIpc) is 3.00. The molecule has 0 saturated carbocycles. The number of phenolic OH excluding ortho intramolecular Hbond substituents is 1. The first-order chi connectivity index (χ1) is 11.0. The summed E-state index contributed by atoms with van der Waals surface area (Å²) in [5.74, 6) is 0.114. The normalized spacial score (nSPS) is 14.7. The Morgan fingerprint density at radius 1 is 1.43 bits per heavy atom. The molecule has 0 unspecified atom stereocenters. The van der Waals surface area contributed by atoms with Gasteiger partial charge in [-0.2, -0.15) is 5.26 Å². The number of aromatic hydroxyl groups is 1. The maximum Gasteiger partial charge on any atom is 0.299 e. The highest BCUT2D eigenvalue weighted by Crippen LogP contribution is 2.36. The van der Waals surface area contributed by atoms with Crippen LogP contribution in [0.2, 0.25) is 10.0 Å². The third kappa shape index (κ3) is 2.30. The second-order valence-electron chi connectivity index (χ2n) is 4.45. The van der Waals surface area contributed by atoms with Crippen molar-refractivity contribution in [1.82, 2.24) is 15.1 Å². The first kappa shape index (κ1) is 15.0. The zero-order chi connectivity index (χ0) is 16.7. The fourth-order valence-electron chi connectivity index (χ4n) is 2.04. The van der Waals surface area contributed by atoms with E-state index in [1.165, 1.54) is 21.6 Å². The molecule has 0 radical (unpaired) electrons. The summed E-state index contributed by atoms with van der Waals surface area (Å²) >= 11 is 11.7. The van der Waals surface area contributed by atoms with Crippen LogP contribution in [0.4, 0.5) is 5.69 Å². The Morgan fingerprint density at radius 3 is 2.65 bits per heavy atom. The standard InChI is InChI=1S/C13H5Cl2N7O/c1-17-10-7(5-16)12-19-21(2)20-22(12)13(10)18-6-3-8(14)11(23)9(15)4-6/h3-4H,2H3/p+1. The van der Waals surface area contributed by atoms with Gasteiger partial charge in [-0.05, 0) is 12.1 Å². The second kappa shape index (κ2) is 5.36. The van der Waals surface area contributed by atoms with E-state index >= 15 is 0 Å². The van der Waals surface area contributed by atoms with Gasteiger partial charge in [-0.1, -0.05) is 28.0 Å². The van der Waals surface area contributed by atoms with Crippen LogP contribution in [0, 0.1) is 17.9 Å². The van der Waals surface area contributed by atoms with Crippen LogP contribution in [0.1, 0.15) is 5.82 Å². The number of rotatable bonds is 1. The Labute approximate surface area is 139 Å². The molecular weight excluding hydrogens is 341 g/mol. The van der Waals surface area contributed by atoms with Crippen molar-refractivity contribution in [2.45, 2.75) is 0 Å². The van der Waals surface area contributed by atoms with Crippen molar-refractivity contribution in [2.75, 3.05) is 0 Å². The Hall–Kier alpha value is -2.94. The van der Waals surface area contributed by atoms with Gasteiger partial charge < -0.3 is 5.11 Å². The summed E-state index contributed by atoms with van der Waals surface area (Å²) in [5, 5.41) is 27.0. The largest absolute Gasteiger partial charge is 0.505 e. The first-order valence-corrected chi connectivity index (χ1v) is 6.85. The molecule has 8 nitrogen and oxygen atoms in total. The molecule has 0 atom stereocenters. The summed E-state index contributed by atoms with van der Waals surface area (Å²) in [6, 6.07) is 4.71. The molecule has 23 heavy (non-hydrogen) atoms. The molecule has 0 amide bonds. The summed E-state index contributed by atoms with van der Waals surface area (Å²) in [4.78, 5) is 8.90. The van der Waals surface area contributed by atoms with E-state index in [1.54, 1.807) is 7.05 Å². The number of hydrogen-bond acceptors (Lipinski definition) is 5. The lowest BCUT2D eigenvalue weighted by atomic mass is 10.2. The number of allylic oxidation sites excluding steroid dienone is 2. The van der Waals surface area contributed by atoms with E-state index in [2.05, 4.69) is 20.1 Å². The minimum Gasteiger partial charge on any atom is -0.505 e. The number of nitriles is 1. The SMILES string of the molecule is [C-]#[N+]C1=C(C#N)c2nn(C)n[n+]2C1=Nc1cc(Cl)c(O)c(Cl)c1. The van der Waals surface area contributed by atoms with Gasteiger partial charge in [-0.15, -0.1) is 9.67 Å². The van der Waals surface area contributed by atoms with E-state index < -0.39 is 0 Å². The molecule has 2 heterocycles. The van der Waals surface area contributed by atoms with Gasteiger partial charge in [0.15, 0.2) is 5.75 Å². The van der Waals surface area contributed by atoms with Crippen LogP contribution >= 0.6 is 23.2 Å². The number of aliphatic imine (C=N–C) groups is 1. The molecule has 2 aromatic rings. The minimum atomic E-state index is -0.254. The third-order valence-corrected chi connectivity index (χ3v) is 3.57. The van der Waals surface area contributed by atoms with Gasteiger partial charge in [0.25, 0.3) is 17.4 Å². The first-order valence-electron chi connectivity index (χ1n) is 6.09. The number of fused-ring (bicyclic) bond motifs is 1. The van der Waals surface area contributed by atoms with E-state index in [4.69, 9.17) is 29.8 Å². The molecule has 0 aliphatic carbocycles. The highest BCUT2D eigenvalue weighted by atomic mass is 35.5. The topological polar surface area (TPSA) is 95.3 Å². The highest BCUT2D eigenvalue weighted by molar-refractivity contribution is 6.37. The van der Waals surface area contributed by atoms with Crippen LogP contribution in [0.25, 0.3) is 10.4 Å². The maximum atomic E-state index is 9.59. The van der Waals surface area contributed by atoms with Crippen molar-refractivity contribution in [3.05, 3.63) is 45.1 Å². The molecule has 10 heteroatoms. The lowest BCUT2D eigenvalue weighted by Gasteiger charge is -2.00. The van der Waals surface area contributed by atoms with Crippen LogP contribution in [0.15, 0.2) is 22.8 Å². The molecule has 112 valence electrons. The van der Waals surface area contributed by atoms with Crippen LogP contribution < -0.4 is 4.68 Å². The molecule has 1 aliphatic rings. The summed E-state index contributed by atoms with van der Waals surface area (Å²) in [6.45, 7) is 7.28. The van der Waals surface area contributed by atoms with Gasteiger partial charge in [0.05, 0.1) is 22.7 Å². The van der Waals surface area contributed by atoms with Crippen LogP contribution in [0.3, 0.4) is 0 Å². The van der Waals surface area contributed by atoms with E-state index in [-0.39, 0.29) is 38.7 Å². The molecule has 0 spiro atoms. The quantitative estimate of drug-likeness (QED) is 0.629. The molecule has 0 fully saturated rings. The third-order valence-electron chi connectivity index (χ3n) is 2.99. The van der Waals surface area contributed by atoms with Crippen LogP contribution in [-0.4, -0.2) is 26.1 Å². The number of hydrogen-bond donors (Lipinski definition) is 1. The van der Waals surface area contributed by atoms with Gasteiger partial charge in [0, 0.05) is 10.3 Å². The Bertz CT molecular complexity index is 968. The Balaban J connectivity index is 2.25. The molecule has 0 saturated heterocycles. The summed E-state index contributed by atoms with van der Waals surface area (Å²) in [5.41, 5.74) is 0.420. The fraction of sp³-hybridized carbons (Fsp3) is 0.0769. The second-order valence-corrected chi connectivity index (χ2v) is 5.27. The number of tetrazole rings is 1. The number of phenols is 1. The summed E-state index contributed by atoms with van der Waals surface area (Å²) < 4.78 is 1.29. The number of halogens is 2. The minimum absolute atomic E-state index is 0.0214. The summed E-state index contributed by atoms with van der Waals surface area (Å²) in [7, 11) is 1.59. The average molecular weight is 347 g/mol. The van der Waals surface area contributed by atoms with Gasteiger partial charge in [0.2, 0.25) is 0 Å². The molecule has 1 aromatic heterocycles. The van der Waals surface area contributed by atoms with Gasteiger partial charge >= 0.3 is 0 Å². The van der Waals surface area contributed by atoms with Crippen molar-refractivity contribution in [1.29, 1.82) is 5.26 Å². The van der Waals surface area contributed by atoms with Crippen molar-refractivity contribution in [3.8, 4) is 11.8 Å².